The van der Waals surface area contributed by atoms with Crippen LogP contribution in [0.4, 0.5) is 5.95 Å². The number of hydrogen-bond donors (Lipinski definition) is 2. The van der Waals surface area contributed by atoms with Crippen molar-refractivity contribution in [1.29, 1.82) is 0 Å². The monoisotopic (exact) mass is 206 g/mol. The Morgan fingerprint density at radius 2 is 2.33 bits per heavy atom. The average Bonchev–Trinajstić information content (AvgIpc) is 2.76. The summed E-state index contributed by atoms with van der Waals surface area (Å²) in [5, 5.41) is 8.09. The SMILES string of the molecule is CC(C)n1cc(Cc2cnc(N)[nH]2)nn1. The largest absolute Gasteiger partial charge is 0.369 e. The fraction of sp³-hybridized carbons (Fsp3) is 0.444. The van der Waals surface area contributed by atoms with Gasteiger partial charge in [0.15, 0.2) is 5.95 Å². The molecule has 0 aliphatic rings. The van der Waals surface area contributed by atoms with E-state index in [-0.39, 0.29) is 0 Å². The number of aromatic nitrogens is 5. The Balaban J connectivity index is 2.11. The van der Waals surface area contributed by atoms with Crippen molar-refractivity contribution < 1.29 is 0 Å². The van der Waals surface area contributed by atoms with E-state index < -0.39 is 0 Å². The molecule has 0 saturated heterocycles. The van der Waals surface area contributed by atoms with Crippen molar-refractivity contribution in [3.8, 4) is 0 Å². The molecule has 0 aliphatic carbocycles. The maximum Gasteiger partial charge on any atom is 0.197 e. The fourth-order valence-electron chi connectivity index (χ4n) is 1.31. The molecule has 6 heteroatoms. The second kappa shape index (κ2) is 3.72. The van der Waals surface area contributed by atoms with Gasteiger partial charge in [0.2, 0.25) is 0 Å². The highest BCUT2D eigenvalue weighted by atomic mass is 15.4. The first kappa shape index (κ1) is 9.70. The third kappa shape index (κ3) is 2.15. The molecule has 0 fully saturated rings. The van der Waals surface area contributed by atoms with Crippen molar-refractivity contribution in [2.24, 2.45) is 0 Å². The molecule has 6 nitrogen and oxygen atoms in total. The van der Waals surface area contributed by atoms with Gasteiger partial charge in [0.25, 0.3) is 0 Å². The van der Waals surface area contributed by atoms with E-state index in [1.54, 1.807) is 6.20 Å². The number of H-pyrrole nitrogens is 1. The number of nitrogen functional groups attached to an aromatic ring is 1. The molecule has 0 aliphatic heterocycles. The maximum atomic E-state index is 5.48. The summed E-state index contributed by atoms with van der Waals surface area (Å²) in [4.78, 5) is 6.87. The number of nitrogens with one attached hydrogen (secondary N) is 1. The zero-order valence-electron chi connectivity index (χ0n) is 8.81. The number of nitrogens with two attached hydrogens (primary N) is 1. The zero-order valence-corrected chi connectivity index (χ0v) is 8.81. The smallest absolute Gasteiger partial charge is 0.197 e. The number of anilines is 1. The molecule has 2 heterocycles. The van der Waals surface area contributed by atoms with Gasteiger partial charge in [-0.05, 0) is 13.8 Å². The molecular weight excluding hydrogens is 192 g/mol. The van der Waals surface area contributed by atoms with Crippen LogP contribution in [0.25, 0.3) is 0 Å². The molecule has 3 N–H and O–H groups in total. The summed E-state index contributed by atoms with van der Waals surface area (Å²) in [5.74, 6) is 0.432. The van der Waals surface area contributed by atoms with Crippen LogP contribution in [-0.4, -0.2) is 25.0 Å². The molecule has 0 spiro atoms. The lowest BCUT2D eigenvalue weighted by Crippen LogP contribution is -2.00. The van der Waals surface area contributed by atoms with Gasteiger partial charge in [0, 0.05) is 24.4 Å². The fourth-order valence-corrected chi connectivity index (χ4v) is 1.31. The highest BCUT2D eigenvalue weighted by molar-refractivity contribution is 5.21. The first-order valence-corrected chi connectivity index (χ1v) is 4.85. The highest BCUT2D eigenvalue weighted by Crippen LogP contribution is 2.07. The molecule has 0 atom stereocenters. The van der Waals surface area contributed by atoms with E-state index in [1.165, 1.54) is 0 Å². The van der Waals surface area contributed by atoms with E-state index in [0.717, 1.165) is 11.4 Å². The minimum atomic E-state index is 0.332. The average molecular weight is 206 g/mol. The summed E-state index contributed by atoms with van der Waals surface area (Å²) in [6.07, 6.45) is 4.32. The van der Waals surface area contributed by atoms with Crippen LogP contribution >= 0.6 is 0 Å². The van der Waals surface area contributed by atoms with Crippen molar-refractivity contribution in [1.82, 2.24) is 25.0 Å². The van der Waals surface area contributed by atoms with Gasteiger partial charge in [0.1, 0.15) is 0 Å². The minimum absolute atomic E-state index is 0.332. The Bertz CT molecular complexity index is 441. The van der Waals surface area contributed by atoms with E-state index in [4.69, 9.17) is 5.73 Å². The molecule has 2 aromatic heterocycles. The molecule has 0 aromatic carbocycles. The van der Waals surface area contributed by atoms with Crippen LogP contribution < -0.4 is 5.73 Å². The van der Waals surface area contributed by atoms with Gasteiger partial charge in [-0.3, -0.25) is 0 Å². The van der Waals surface area contributed by atoms with Gasteiger partial charge in [-0.25, -0.2) is 9.67 Å². The second-order valence-corrected chi connectivity index (χ2v) is 3.75. The van der Waals surface area contributed by atoms with Crippen LogP contribution in [0.3, 0.4) is 0 Å². The van der Waals surface area contributed by atoms with Gasteiger partial charge in [-0.2, -0.15) is 0 Å². The molecule has 0 unspecified atom stereocenters. The Labute approximate surface area is 87.5 Å². The van der Waals surface area contributed by atoms with Gasteiger partial charge in [0.05, 0.1) is 11.9 Å². The van der Waals surface area contributed by atoms with Crippen molar-refractivity contribution in [2.75, 3.05) is 5.73 Å². The Hall–Kier alpha value is -1.85. The van der Waals surface area contributed by atoms with Gasteiger partial charge >= 0.3 is 0 Å². The molecular formula is C9H14N6. The van der Waals surface area contributed by atoms with E-state index in [0.29, 0.717) is 18.4 Å². The zero-order chi connectivity index (χ0) is 10.8. The van der Waals surface area contributed by atoms with Crippen LogP contribution in [-0.2, 0) is 6.42 Å². The van der Waals surface area contributed by atoms with E-state index in [1.807, 2.05) is 10.9 Å². The predicted octanol–water partition coefficient (Wildman–Crippen LogP) is 0.755. The Kier molecular flexibility index (Phi) is 2.40. The van der Waals surface area contributed by atoms with Crippen LogP contribution in [0.15, 0.2) is 12.4 Å². The van der Waals surface area contributed by atoms with Gasteiger partial charge in [-0.1, -0.05) is 5.21 Å². The highest BCUT2D eigenvalue weighted by Gasteiger charge is 2.05. The topological polar surface area (TPSA) is 85.4 Å². The van der Waals surface area contributed by atoms with Crippen molar-refractivity contribution in [2.45, 2.75) is 26.3 Å². The minimum Gasteiger partial charge on any atom is -0.369 e. The standard InChI is InChI=1S/C9H14N6/c1-6(2)15-5-8(13-14-15)3-7-4-11-9(10)12-7/h4-6H,3H2,1-2H3,(H3,10,11,12). The molecule has 0 radical (unpaired) electrons. The van der Waals surface area contributed by atoms with E-state index in [9.17, 15) is 0 Å². The van der Waals surface area contributed by atoms with Crippen LogP contribution in [0.1, 0.15) is 31.3 Å². The van der Waals surface area contributed by atoms with Gasteiger partial charge < -0.3 is 10.7 Å². The van der Waals surface area contributed by atoms with E-state index >= 15 is 0 Å². The van der Waals surface area contributed by atoms with Crippen molar-refractivity contribution >= 4 is 5.95 Å². The van der Waals surface area contributed by atoms with Crippen LogP contribution in [0, 0.1) is 0 Å². The molecule has 80 valence electrons. The summed E-state index contributed by atoms with van der Waals surface area (Å²) in [6.45, 7) is 4.12. The summed E-state index contributed by atoms with van der Waals surface area (Å²) in [5.41, 5.74) is 7.33. The lowest BCUT2D eigenvalue weighted by Gasteiger charge is -2.00. The third-order valence-corrected chi connectivity index (χ3v) is 2.11. The number of imidazole rings is 1. The normalized spacial score (nSPS) is 11.1. The van der Waals surface area contributed by atoms with Crippen LogP contribution in [0.5, 0.6) is 0 Å². The molecule has 0 saturated carbocycles. The number of hydrogen-bond acceptors (Lipinski definition) is 4. The molecule has 15 heavy (non-hydrogen) atoms. The van der Waals surface area contributed by atoms with Crippen molar-refractivity contribution in [3.05, 3.63) is 23.8 Å². The van der Waals surface area contributed by atoms with E-state index in [2.05, 4.69) is 34.1 Å². The summed E-state index contributed by atoms with van der Waals surface area (Å²) in [7, 11) is 0. The molecule has 2 aromatic rings. The molecule has 0 bridgehead atoms. The number of nitrogens with zero attached hydrogens (tertiary/aromatic N) is 4. The van der Waals surface area contributed by atoms with Crippen molar-refractivity contribution in [3.63, 3.8) is 0 Å². The Morgan fingerprint density at radius 1 is 1.53 bits per heavy atom. The second-order valence-electron chi connectivity index (χ2n) is 3.75. The summed E-state index contributed by atoms with van der Waals surface area (Å²) < 4.78 is 1.83. The summed E-state index contributed by atoms with van der Waals surface area (Å²) in [6, 6.07) is 0.332. The summed E-state index contributed by atoms with van der Waals surface area (Å²) >= 11 is 0. The maximum absolute atomic E-state index is 5.48. The molecule has 0 amide bonds. The quantitative estimate of drug-likeness (QED) is 0.776. The lowest BCUT2D eigenvalue weighted by molar-refractivity contribution is 0.514. The number of aromatic amines is 1. The first-order valence-electron chi connectivity index (χ1n) is 4.85. The predicted molar refractivity (Wildman–Crippen MR) is 56.2 cm³/mol. The number of rotatable bonds is 3. The Morgan fingerprint density at radius 3 is 2.87 bits per heavy atom. The third-order valence-electron chi connectivity index (χ3n) is 2.11. The first-order chi connectivity index (χ1) is 7.15. The molecule has 2 rings (SSSR count). The lowest BCUT2D eigenvalue weighted by atomic mass is 10.3. The van der Waals surface area contributed by atoms with Crippen LogP contribution in [0.2, 0.25) is 0 Å². The van der Waals surface area contributed by atoms with Gasteiger partial charge in [-0.15, -0.1) is 5.10 Å².